The van der Waals surface area contributed by atoms with E-state index in [4.69, 9.17) is 4.74 Å². The van der Waals surface area contributed by atoms with Gasteiger partial charge in [-0.05, 0) is 12.8 Å². The largest absolute Gasteiger partial charge is 0.477 e. The molecule has 2 rings (SSSR count). The van der Waals surface area contributed by atoms with E-state index in [0.717, 1.165) is 6.42 Å². The Kier molecular flexibility index (Phi) is 4.81. The van der Waals surface area contributed by atoms with E-state index in [1.165, 1.54) is 6.20 Å². The zero-order valence-electron chi connectivity index (χ0n) is 11.5. The average molecular weight is 303 g/mol. The van der Waals surface area contributed by atoms with E-state index in [0.29, 0.717) is 23.5 Å². The molecule has 0 saturated carbocycles. The number of anilines is 1. The number of alkyl halides is 3. The molecule has 6 nitrogen and oxygen atoms in total. The fraction of sp³-hybridized carbons (Fsp3) is 0.583. The molecule has 2 N–H and O–H groups in total. The summed E-state index contributed by atoms with van der Waals surface area (Å²) in [5, 5.41) is 10.1. The average Bonchev–Trinajstić information content (AvgIpc) is 2.88. The molecule has 0 aromatic carbocycles. The van der Waals surface area contributed by atoms with Crippen molar-refractivity contribution in [1.82, 2.24) is 20.2 Å². The predicted octanol–water partition coefficient (Wildman–Crippen LogP) is 2.90. The van der Waals surface area contributed by atoms with Gasteiger partial charge >= 0.3 is 6.18 Å². The van der Waals surface area contributed by atoms with E-state index in [1.807, 2.05) is 6.92 Å². The second-order valence-electron chi connectivity index (χ2n) is 4.48. The first kappa shape index (κ1) is 15.3. The Bertz CT molecular complexity index is 584. The minimum absolute atomic E-state index is 0.0655. The second kappa shape index (κ2) is 6.59. The van der Waals surface area contributed by atoms with E-state index in [9.17, 15) is 13.2 Å². The topological polar surface area (TPSA) is 75.7 Å². The Hall–Kier alpha value is -2.06. The van der Waals surface area contributed by atoms with Gasteiger partial charge in [0.25, 0.3) is 0 Å². The van der Waals surface area contributed by atoms with Crippen LogP contribution in [-0.2, 0) is 0 Å². The van der Waals surface area contributed by atoms with Crippen LogP contribution < -0.4 is 10.1 Å². The molecular formula is C12H16F3N5O. The Morgan fingerprint density at radius 3 is 2.86 bits per heavy atom. The maximum Gasteiger partial charge on any atom is 0.389 e. The van der Waals surface area contributed by atoms with Crippen LogP contribution >= 0.6 is 0 Å². The summed E-state index contributed by atoms with van der Waals surface area (Å²) in [4.78, 5) is 8.36. The SMILES string of the molecule is CCCNc1nc(OCCCC(F)(F)F)c2cn[nH]c2n1. The number of hydrogen-bond acceptors (Lipinski definition) is 5. The maximum absolute atomic E-state index is 12.1. The molecule has 2 aromatic rings. The molecule has 0 aliphatic carbocycles. The van der Waals surface area contributed by atoms with Crippen molar-refractivity contribution in [2.75, 3.05) is 18.5 Å². The highest BCUT2D eigenvalue weighted by Gasteiger charge is 2.26. The number of rotatable bonds is 7. The third-order valence-corrected chi connectivity index (χ3v) is 2.65. The number of nitrogens with zero attached hydrogens (tertiary/aromatic N) is 3. The van der Waals surface area contributed by atoms with Gasteiger partial charge in [-0.25, -0.2) is 0 Å². The lowest BCUT2D eigenvalue weighted by Crippen LogP contribution is -2.11. The number of aromatic nitrogens is 4. The molecule has 2 aromatic heterocycles. The van der Waals surface area contributed by atoms with Gasteiger partial charge in [-0.3, -0.25) is 5.10 Å². The number of aromatic amines is 1. The summed E-state index contributed by atoms with van der Waals surface area (Å²) in [7, 11) is 0. The Labute approximate surface area is 119 Å². The zero-order chi connectivity index (χ0) is 15.3. The second-order valence-corrected chi connectivity index (χ2v) is 4.48. The van der Waals surface area contributed by atoms with Crippen molar-refractivity contribution < 1.29 is 17.9 Å². The zero-order valence-corrected chi connectivity index (χ0v) is 11.5. The lowest BCUT2D eigenvalue weighted by molar-refractivity contribution is -0.136. The van der Waals surface area contributed by atoms with Crippen molar-refractivity contribution in [2.24, 2.45) is 0 Å². The first-order valence-electron chi connectivity index (χ1n) is 6.64. The summed E-state index contributed by atoms with van der Waals surface area (Å²) in [5.41, 5.74) is 0.481. The highest BCUT2D eigenvalue weighted by molar-refractivity contribution is 5.80. The van der Waals surface area contributed by atoms with Crippen LogP contribution in [0.2, 0.25) is 0 Å². The monoisotopic (exact) mass is 303 g/mol. The Morgan fingerprint density at radius 2 is 2.14 bits per heavy atom. The minimum atomic E-state index is -4.17. The third kappa shape index (κ3) is 4.47. The number of nitrogens with one attached hydrogen (secondary N) is 2. The summed E-state index contributed by atoms with van der Waals surface area (Å²) in [5.74, 6) is 0.592. The molecular weight excluding hydrogens is 287 g/mol. The van der Waals surface area contributed by atoms with Gasteiger partial charge in [0.1, 0.15) is 5.39 Å². The number of fused-ring (bicyclic) bond motifs is 1. The minimum Gasteiger partial charge on any atom is -0.477 e. The molecule has 0 spiro atoms. The van der Waals surface area contributed by atoms with Crippen molar-refractivity contribution in [1.29, 1.82) is 0 Å². The van der Waals surface area contributed by atoms with Gasteiger partial charge in [-0.15, -0.1) is 0 Å². The smallest absolute Gasteiger partial charge is 0.389 e. The molecule has 116 valence electrons. The van der Waals surface area contributed by atoms with Crippen LogP contribution in [-0.4, -0.2) is 39.5 Å². The predicted molar refractivity (Wildman–Crippen MR) is 71.2 cm³/mol. The fourth-order valence-electron chi connectivity index (χ4n) is 1.68. The first-order chi connectivity index (χ1) is 9.99. The maximum atomic E-state index is 12.1. The Morgan fingerprint density at radius 1 is 1.33 bits per heavy atom. The van der Waals surface area contributed by atoms with Gasteiger partial charge in [0.2, 0.25) is 11.8 Å². The quantitative estimate of drug-likeness (QED) is 0.769. The fourth-order valence-corrected chi connectivity index (χ4v) is 1.68. The number of halogens is 3. The summed E-state index contributed by atoms with van der Waals surface area (Å²) in [6.07, 6.45) is -2.80. The number of ether oxygens (including phenoxy) is 1. The van der Waals surface area contributed by atoms with E-state index in [2.05, 4.69) is 25.5 Å². The van der Waals surface area contributed by atoms with Gasteiger partial charge in [-0.2, -0.15) is 28.2 Å². The van der Waals surface area contributed by atoms with Gasteiger partial charge in [0.15, 0.2) is 5.65 Å². The molecule has 0 bridgehead atoms. The lowest BCUT2D eigenvalue weighted by Gasteiger charge is -2.09. The van der Waals surface area contributed by atoms with Crippen molar-refractivity contribution in [3.8, 4) is 5.88 Å². The van der Waals surface area contributed by atoms with Gasteiger partial charge in [-0.1, -0.05) is 6.92 Å². The van der Waals surface area contributed by atoms with Crippen LogP contribution in [0.1, 0.15) is 26.2 Å². The molecule has 0 fully saturated rings. The molecule has 0 aliphatic heterocycles. The Balaban J connectivity index is 2.04. The summed E-state index contributed by atoms with van der Waals surface area (Å²) >= 11 is 0. The lowest BCUT2D eigenvalue weighted by atomic mass is 10.3. The van der Waals surface area contributed by atoms with Crippen molar-refractivity contribution in [3.63, 3.8) is 0 Å². The van der Waals surface area contributed by atoms with Crippen LogP contribution in [0.4, 0.5) is 19.1 Å². The number of H-pyrrole nitrogens is 1. The van der Waals surface area contributed by atoms with E-state index >= 15 is 0 Å². The van der Waals surface area contributed by atoms with Crippen LogP contribution in [0.5, 0.6) is 5.88 Å². The van der Waals surface area contributed by atoms with Gasteiger partial charge < -0.3 is 10.1 Å². The van der Waals surface area contributed by atoms with E-state index in [1.54, 1.807) is 0 Å². The standard InChI is InChI=1S/C12H16F3N5O/c1-2-5-16-11-18-9-8(7-17-20-9)10(19-11)21-6-3-4-12(13,14)15/h7H,2-6H2,1H3,(H2,16,17,18,19,20). The van der Waals surface area contributed by atoms with Crippen LogP contribution in [0.15, 0.2) is 6.20 Å². The van der Waals surface area contributed by atoms with Gasteiger partial charge in [0, 0.05) is 13.0 Å². The molecule has 0 radical (unpaired) electrons. The molecule has 9 heteroatoms. The molecule has 2 heterocycles. The molecule has 0 unspecified atom stereocenters. The normalized spacial score (nSPS) is 11.8. The summed E-state index contributed by atoms with van der Waals surface area (Å²) in [6.45, 7) is 2.62. The molecule has 0 aliphatic rings. The first-order valence-corrected chi connectivity index (χ1v) is 6.64. The van der Waals surface area contributed by atoms with E-state index < -0.39 is 12.6 Å². The molecule has 21 heavy (non-hydrogen) atoms. The summed E-state index contributed by atoms with van der Waals surface area (Å²) in [6, 6.07) is 0. The highest BCUT2D eigenvalue weighted by Crippen LogP contribution is 2.24. The third-order valence-electron chi connectivity index (χ3n) is 2.65. The molecule has 0 atom stereocenters. The highest BCUT2D eigenvalue weighted by atomic mass is 19.4. The van der Waals surface area contributed by atoms with Crippen LogP contribution in [0.25, 0.3) is 11.0 Å². The summed E-state index contributed by atoms with van der Waals surface area (Å²) < 4.78 is 41.6. The number of hydrogen-bond donors (Lipinski definition) is 2. The van der Waals surface area contributed by atoms with Crippen molar-refractivity contribution in [3.05, 3.63) is 6.20 Å². The molecule has 0 amide bonds. The molecule has 0 saturated heterocycles. The van der Waals surface area contributed by atoms with Crippen LogP contribution in [0, 0.1) is 0 Å². The van der Waals surface area contributed by atoms with E-state index in [-0.39, 0.29) is 18.9 Å². The van der Waals surface area contributed by atoms with Gasteiger partial charge in [0.05, 0.1) is 12.8 Å². The van der Waals surface area contributed by atoms with Crippen LogP contribution in [0.3, 0.4) is 0 Å². The van der Waals surface area contributed by atoms with Crippen molar-refractivity contribution >= 4 is 17.0 Å². The van der Waals surface area contributed by atoms with Crippen molar-refractivity contribution in [2.45, 2.75) is 32.4 Å².